The third kappa shape index (κ3) is 3.61. The Bertz CT molecular complexity index is 452. The van der Waals surface area contributed by atoms with E-state index in [0.717, 1.165) is 32.4 Å². The molecule has 1 aliphatic rings. The van der Waals surface area contributed by atoms with E-state index in [1.807, 2.05) is 0 Å². The highest BCUT2D eigenvalue weighted by molar-refractivity contribution is 5.20. The van der Waals surface area contributed by atoms with Crippen molar-refractivity contribution in [1.82, 2.24) is 10.2 Å². The molecular weight excluding hydrogens is 270 g/mol. The molecule has 0 radical (unpaired) electrons. The van der Waals surface area contributed by atoms with Gasteiger partial charge in [0.15, 0.2) is 0 Å². The van der Waals surface area contributed by atoms with Gasteiger partial charge in [-0.25, -0.2) is 8.78 Å². The minimum Gasteiger partial charge on any atom is -0.310 e. The summed E-state index contributed by atoms with van der Waals surface area (Å²) in [6.07, 6.45) is 3.04. The maximum Gasteiger partial charge on any atom is 0.130 e. The van der Waals surface area contributed by atoms with E-state index in [0.29, 0.717) is 12.6 Å². The minimum absolute atomic E-state index is 0.0481. The van der Waals surface area contributed by atoms with Crippen molar-refractivity contribution in [2.75, 3.05) is 13.1 Å². The number of halogens is 2. The Balaban J connectivity index is 2.23. The van der Waals surface area contributed by atoms with E-state index in [4.69, 9.17) is 0 Å². The van der Waals surface area contributed by atoms with Crippen molar-refractivity contribution in [3.63, 3.8) is 0 Å². The molecule has 1 heterocycles. The molecule has 1 unspecified atom stereocenters. The van der Waals surface area contributed by atoms with Crippen LogP contribution >= 0.6 is 0 Å². The molecular formula is C17H26F2N2. The molecule has 0 bridgehead atoms. The number of benzene rings is 1. The molecule has 118 valence electrons. The van der Waals surface area contributed by atoms with Gasteiger partial charge in [-0.3, -0.25) is 4.90 Å². The Kier molecular flexibility index (Phi) is 5.33. The molecule has 1 atom stereocenters. The Labute approximate surface area is 126 Å². The van der Waals surface area contributed by atoms with Gasteiger partial charge in [0.1, 0.15) is 11.6 Å². The summed E-state index contributed by atoms with van der Waals surface area (Å²) in [5.74, 6) is -0.893. The number of nitrogens with one attached hydrogen (secondary N) is 1. The van der Waals surface area contributed by atoms with Crippen LogP contribution in [-0.2, 0) is 6.54 Å². The van der Waals surface area contributed by atoms with Gasteiger partial charge in [0, 0.05) is 30.2 Å². The molecule has 0 amide bonds. The van der Waals surface area contributed by atoms with E-state index < -0.39 is 11.6 Å². The van der Waals surface area contributed by atoms with Crippen LogP contribution in [0.5, 0.6) is 0 Å². The fourth-order valence-electron chi connectivity index (χ4n) is 3.15. The first-order chi connectivity index (χ1) is 10.0. The van der Waals surface area contributed by atoms with E-state index in [2.05, 4.69) is 31.0 Å². The molecule has 1 N–H and O–H groups in total. The van der Waals surface area contributed by atoms with Crippen LogP contribution in [0.25, 0.3) is 0 Å². The van der Waals surface area contributed by atoms with Gasteiger partial charge in [-0.15, -0.1) is 0 Å². The second-order valence-corrected chi connectivity index (χ2v) is 6.16. The van der Waals surface area contributed by atoms with Gasteiger partial charge in [0.25, 0.3) is 0 Å². The van der Waals surface area contributed by atoms with Crippen molar-refractivity contribution in [1.29, 1.82) is 0 Å². The minimum atomic E-state index is -0.446. The monoisotopic (exact) mass is 296 g/mol. The average molecular weight is 296 g/mol. The van der Waals surface area contributed by atoms with Crippen LogP contribution in [0.2, 0.25) is 0 Å². The van der Waals surface area contributed by atoms with Crippen molar-refractivity contribution in [3.8, 4) is 0 Å². The van der Waals surface area contributed by atoms with Crippen molar-refractivity contribution in [2.45, 2.75) is 58.2 Å². The first kappa shape index (κ1) is 16.4. The number of rotatable bonds is 4. The lowest BCUT2D eigenvalue weighted by Gasteiger charge is -2.37. The van der Waals surface area contributed by atoms with Crippen LogP contribution in [0.4, 0.5) is 8.78 Å². The standard InChI is InChI=1S/C17H26F2N2/c1-4-17(5-2)12-21(13(3)9-10-20-17)11-14-15(18)7-6-8-16(14)19/h6-8,13,20H,4-5,9-12H2,1-3H3. The predicted molar refractivity (Wildman–Crippen MR) is 82.2 cm³/mol. The van der Waals surface area contributed by atoms with Crippen LogP contribution in [0.3, 0.4) is 0 Å². The zero-order valence-electron chi connectivity index (χ0n) is 13.3. The molecule has 2 nitrogen and oxygen atoms in total. The summed E-state index contributed by atoms with van der Waals surface area (Å²) in [6, 6.07) is 4.42. The van der Waals surface area contributed by atoms with Crippen LogP contribution in [0, 0.1) is 11.6 Å². The highest BCUT2D eigenvalue weighted by Crippen LogP contribution is 2.25. The third-order valence-electron chi connectivity index (χ3n) is 4.97. The van der Waals surface area contributed by atoms with Crippen LogP contribution in [0.1, 0.15) is 45.6 Å². The molecule has 1 aliphatic heterocycles. The second kappa shape index (κ2) is 6.84. The first-order valence-corrected chi connectivity index (χ1v) is 7.93. The SMILES string of the molecule is CCC1(CC)CN(Cc2c(F)cccc2F)C(C)CCN1. The highest BCUT2D eigenvalue weighted by Gasteiger charge is 2.33. The molecule has 1 fully saturated rings. The maximum atomic E-state index is 13.9. The van der Waals surface area contributed by atoms with E-state index in [-0.39, 0.29) is 11.1 Å². The Hall–Kier alpha value is -1.00. The number of hydrogen-bond donors (Lipinski definition) is 1. The normalized spacial score (nSPS) is 23.0. The molecule has 0 saturated carbocycles. The molecule has 1 saturated heterocycles. The van der Waals surface area contributed by atoms with E-state index in [1.54, 1.807) is 0 Å². The van der Waals surface area contributed by atoms with Crippen LogP contribution in [-0.4, -0.2) is 29.6 Å². The summed E-state index contributed by atoms with van der Waals surface area (Å²) in [7, 11) is 0. The van der Waals surface area contributed by atoms with Gasteiger partial charge in [-0.2, -0.15) is 0 Å². The van der Waals surface area contributed by atoms with Gasteiger partial charge in [0.2, 0.25) is 0 Å². The average Bonchev–Trinajstić information content (AvgIpc) is 2.63. The fraction of sp³-hybridized carbons (Fsp3) is 0.647. The van der Waals surface area contributed by atoms with Gasteiger partial charge in [0.05, 0.1) is 0 Å². The van der Waals surface area contributed by atoms with Crippen molar-refractivity contribution in [3.05, 3.63) is 35.4 Å². The van der Waals surface area contributed by atoms with Gasteiger partial charge in [-0.05, 0) is 44.9 Å². The topological polar surface area (TPSA) is 15.3 Å². The summed E-state index contributed by atoms with van der Waals surface area (Å²) in [5.41, 5.74) is 0.235. The first-order valence-electron chi connectivity index (χ1n) is 7.93. The predicted octanol–water partition coefficient (Wildman–Crippen LogP) is 3.71. The Morgan fingerprint density at radius 2 is 1.86 bits per heavy atom. The summed E-state index contributed by atoms with van der Waals surface area (Å²) in [4.78, 5) is 2.22. The van der Waals surface area contributed by atoms with E-state index in [9.17, 15) is 8.78 Å². The van der Waals surface area contributed by atoms with Crippen molar-refractivity contribution < 1.29 is 8.78 Å². The molecule has 1 aromatic carbocycles. The van der Waals surface area contributed by atoms with Crippen LogP contribution in [0.15, 0.2) is 18.2 Å². The van der Waals surface area contributed by atoms with Crippen molar-refractivity contribution in [2.24, 2.45) is 0 Å². The Morgan fingerprint density at radius 1 is 1.24 bits per heavy atom. The zero-order chi connectivity index (χ0) is 15.5. The van der Waals surface area contributed by atoms with Crippen LogP contribution < -0.4 is 5.32 Å². The third-order valence-corrected chi connectivity index (χ3v) is 4.97. The van der Waals surface area contributed by atoms with E-state index in [1.165, 1.54) is 18.2 Å². The summed E-state index contributed by atoms with van der Waals surface area (Å²) in [5, 5.41) is 3.64. The van der Waals surface area contributed by atoms with Gasteiger partial charge >= 0.3 is 0 Å². The summed E-state index contributed by atoms with van der Waals surface area (Å²) in [6.45, 7) is 8.61. The molecule has 4 heteroatoms. The molecule has 1 aromatic rings. The molecule has 21 heavy (non-hydrogen) atoms. The smallest absolute Gasteiger partial charge is 0.130 e. The molecule has 2 rings (SSSR count). The van der Waals surface area contributed by atoms with Gasteiger partial charge < -0.3 is 5.32 Å². The number of nitrogens with zero attached hydrogens (tertiary/aromatic N) is 1. The summed E-state index contributed by atoms with van der Waals surface area (Å²) < 4.78 is 27.8. The molecule has 0 spiro atoms. The molecule has 0 aromatic heterocycles. The number of hydrogen-bond acceptors (Lipinski definition) is 2. The van der Waals surface area contributed by atoms with Gasteiger partial charge in [-0.1, -0.05) is 19.9 Å². The fourth-order valence-corrected chi connectivity index (χ4v) is 3.15. The second-order valence-electron chi connectivity index (χ2n) is 6.16. The summed E-state index contributed by atoms with van der Waals surface area (Å²) >= 11 is 0. The Morgan fingerprint density at radius 3 is 2.43 bits per heavy atom. The van der Waals surface area contributed by atoms with E-state index >= 15 is 0 Å². The lowest BCUT2D eigenvalue weighted by molar-refractivity contribution is 0.149. The maximum absolute atomic E-state index is 13.9. The largest absolute Gasteiger partial charge is 0.310 e. The zero-order valence-corrected chi connectivity index (χ0v) is 13.3. The lowest BCUT2D eigenvalue weighted by atomic mass is 9.92. The van der Waals surface area contributed by atoms with Crippen molar-refractivity contribution >= 4 is 0 Å². The quantitative estimate of drug-likeness (QED) is 0.911. The molecule has 0 aliphatic carbocycles. The highest BCUT2D eigenvalue weighted by atomic mass is 19.1. The lowest BCUT2D eigenvalue weighted by Crippen LogP contribution is -2.51.